The molecule has 0 amide bonds. The van der Waals surface area contributed by atoms with Crippen LogP contribution in [0.25, 0.3) is 21.9 Å². The van der Waals surface area contributed by atoms with E-state index < -0.39 is 0 Å². The lowest BCUT2D eigenvalue weighted by molar-refractivity contribution is 0.264. The van der Waals surface area contributed by atoms with Crippen molar-refractivity contribution in [2.24, 2.45) is 0 Å². The number of pyridine rings is 1. The number of ether oxygens (including phenoxy) is 1. The van der Waals surface area contributed by atoms with Gasteiger partial charge in [-0.25, -0.2) is 4.98 Å². The molecule has 0 atom stereocenters. The number of methoxy groups -OCH3 is 1. The van der Waals surface area contributed by atoms with Crippen molar-refractivity contribution in [2.75, 3.05) is 32.6 Å². The predicted octanol–water partition coefficient (Wildman–Crippen LogP) is 5.03. The molecule has 146 valence electrons. The minimum absolute atomic E-state index is 0.478. The first kappa shape index (κ1) is 18.8. The van der Waals surface area contributed by atoms with Crippen LogP contribution in [0, 0.1) is 13.8 Å². The van der Waals surface area contributed by atoms with Crippen molar-refractivity contribution in [2.45, 2.75) is 32.7 Å². The molecule has 2 aromatic carbocycles. The van der Waals surface area contributed by atoms with E-state index in [4.69, 9.17) is 9.72 Å². The van der Waals surface area contributed by atoms with Gasteiger partial charge in [0.05, 0.1) is 7.11 Å². The lowest BCUT2D eigenvalue weighted by Gasteiger charge is -2.30. The maximum Gasteiger partial charge on any atom is 0.134 e. The molecule has 1 N–H and O–H groups in total. The van der Waals surface area contributed by atoms with Crippen LogP contribution in [-0.4, -0.2) is 43.2 Å². The van der Waals surface area contributed by atoms with Crippen molar-refractivity contribution in [3.8, 4) is 16.9 Å². The molecule has 1 aliphatic heterocycles. The smallest absolute Gasteiger partial charge is 0.134 e. The zero-order chi connectivity index (χ0) is 19.7. The van der Waals surface area contributed by atoms with Gasteiger partial charge >= 0.3 is 0 Å². The van der Waals surface area contributed by atoms with Gasteiger partial charge in [-0.3, -0.25) is 0 Å². The molecule has 1 saturated heterocycles. The van der Waals surface area contributed by atoms with Gasteiger partial charge in [0.1, 0.15) is 11.6 Å². The molecular weight excluding hydrogens is 346 g/mol. The number of aromatic nitrogens is 1. The minimum atomic E-state index is 0.478. The van der Waals surface area contributed by atoms with E-state index in [9.17, 15) is 0 Å². The van der Waals surface area contributed by atoms with Gasteiger partial charge in [0.2, 0.25) is 0 Å². The molecular formula is C24H29N3O. The van der Waals surface area contributed by atoms with E-state index in [1.807, 2.05) is 6.07 Å². The van der Waals surface area contributed by atoms with Crippen LogP contribution >= 0.6 is 0 Å². The van der Waals surface area contributed by atoms with Crippen LogP contribution in [0.5, 0.6) is 5.75 Å². The molecule has 4 rings (SSSR count). The van der Waals surface area contributed by atoms with Crippen LogP contribution < -0.4 is 10.1 Å². The van der Waals surface area contributed by atoms with Crippen molar-refractivity contribution in [1.82, 2.24) is 9.88 Å². The Morgan fingerprint density at radius 1 is 1.04 bits per heavy atom. The summed E-state index contributed by atoms with van der Waals surface area (Å²) in [6, 6.07) is 15.4. The Balaban J connectivity index is 1.82. The lowest BCUT2D eigenvalue weighted by Crippen LogP contribution is -2.36. The summed E-state index contributed by atoms with van der Waals surface area (Å²) in [6.07, 6.45) is 2.30. The SMILES string of the molecule is COc1ccc(C)cc1-c1c(C)nc(NC2CCN(C)CC2)c2ccccc12. The normalized spacial score (nSPS) is 15.7. The highest BCUT2D eigenvalue weighted by atomic mass is 16.5. The second kappa shape index (κ2) is 7.80. The summed E-state index contributed by atoms with van der Waals surface area (Å²) in [4.78, 5) is 7.41. The van der Waals surface area contributed by atoms with Crippen LogP contribution in [0.2, 0.25) is 0 Å². The van der Waals surface area contributed by atoms with Crippen LogP contribution in [0.4, 0.5) is 5.82 Å². The van der Waals surface area contributed by atoms with E-state index in [2.05, 4.69) is 67.5 Å². The summed E-state index contributed by atoms with van der Waals surface area (Å²) >= 11 is 0. The Hall–Kier alpha value is -2.59. The maximum absolute atomic E-state index is 5.67. The predicted molar refractivity (Wildman–Crippen MR) is 117 cm³/mol. The Morgan fingerprint density at radius 2 is 1.75 bits per heavy atom. The highest BCUT2D eigenvalue weighted by molar-refractivity contribution is 6.04. The van der Waals surface area contributed by atoms with Crippen LogP contribution in [-0.2, 0) is 0 Å². The second-order valence-corrected chi connectivity index (χ2v) is 7.89. The number of hydrogen-bond acceptors (Lipinski definition) is 4. The fourth-order valence-electron chi connectivity index (χ4n) is 4.20. The number of nitrogens with one attached hydrogen (secondary N) is 1. The largest absolute Gasteiger partial charge is 0.496 e. The van der Waals surface area contributed by atoms with Gasteiger partial charge in [0, 0.05) is 28.2 Å². The summed E-state index contributed by atoms with van der Waals surface area (Å²) in [5, 5.41) is 6.12. The molecule has 1 aliphatic rings. The van der Waals surface area contributed by atoms with E-state index in [-0.39, 0.29) is 0 Å². The molecule has 4 nitrogen and oxygen atoms in total. The van der Waals surface area contributed by atoms with Gasteiger partial charge in [0.15, 0.2) is 0 Å². The van der Waals surface area contributed by atoms with Crippen molar-refractivity contribution in [1.29, 1.82) is 0 Å². The number of likely N-dealkylation sites (tertiary alicyclic amines) is 1. The molecule has 3 aromatic rings. The third kappa shape index (κ3) is 3.57. The van der Waals surface area contributed by atoms with Crippen molar-refractivity contribution in [3.63, 3.8) is 0 Å². The fourth-order valence-corrected chi connectivity index (χ4v) is 4.20. The van der Waals surface area contributed by atoms with Crippen LogP contribution in [0.15, 0.2) is 42.5 Å². The summed E-state index contributed by atoms with van der Waals surface area (Å²) in [5.74, 6) is 1.88. The standard InChI is InChI=1S/C24H29N3O/c1-16-9-10-22(28-4)21(15-16)23-17(2)25-24(20-8-6-5-7-19(20)23)26-18-11-13-27(3)14-12-18/h5-10,15,18H,11-14H2,1-4H3,(H,25,26). The molecule has 0 aliphatic carbocycles. The van der Waals surface area contributed by atoms with Gasteiger partial charge in [0.25, 0.3) is 0 Å². The molecule has 0 saturated carbocycles. The quantitative estimate of drug-likeness (QED) is 0.694. The van der Waals surface area contributed by atoms with Crippen LogP contribution in [0.3, 0.4) is 0 Å². The minimum Gasteiger partial charge on any atom is -0.496 e. The number of piperidine rings is 1. The summed E-state index contributed by atoms with van der Waals surface area (Å²) < 4.78 is 5.67. The molecule has 0 radical (unpaired) electrons. The first-order chi connectivity index (χ1) is 13.6. The van der Waals surface area contributed by atoms with Crippen molar-refractivity contribution < 1.29 is 4.74 Å². The molecule has 0 unspecified atom stereocenters. The van der Waals surface area contributed by atoms with E-state index >= 15 is 0 Å². The zero-order valence-corrected chi connectivity index (χ0v) is 17.2. The highest BCUT2D eigenvalue weighted by Crippen LogP contribution is 2.39. The van der Waals surface area contributed by atoms with E-state index in [1.165, 1.54) is 16.3 Å². The van der Waals surface area contributed by atoms with E-state index in [1.54, 1.807) is 7.11 Å². The first-order valence-corrected chi connectivity index (χ1v) is 10.1. The van der Waals surface area contributed by atoms with Gasteiger partial charge in [-0.2, -0.15) is 0 Å². The van der Waals surface area contributed by atoms with Gasteiger partial charge in [-0.1, -0.05) is 35.9 Å². The van der Waals surface area contributed by atoms with E-state index in [0.717, 1.165) is 54.3 Å². The summed E-state index contributed by atoms with van der Waals surface area (Å²) in [6.45, 7) is 6.48. The number of aryl methyl sites for hydroxylation is 2. The van der Waals surface area contributed by atoms with Crippen molar-refractivity contribution >= 4 is 16.6 Å². The zero-order valence-electron chi connectivity index (χ0n) is 17.2. The molecule has 28 heavy (non-hydrogen) atoms. The Labute approximate surface area is 167 Å². The number of anilines is 1. The average molecular weight is 376 g/mol. The Morgan fingerprint density at radius 3 is 2.46 bits per heavy atom. The number of fused-ring (bicyclic) bond motifs is 1. The van der Waals surface area contributed by atoms with Gasteiger partial charge in [-0.05, 0) is 64.3 Å². The highest BCUT2D eigenvalue weighted by Gasteiger charge is 2.20. The third-order valence-electron chi connectivity index (χ3n) is 5.78. The Kier molecular flexibility index (Phi) is 5.23. The summed E-state index contributed by atoms with van der Waals surface area (Å²) in [7, 11) is 3.92. The van der Waals surface area contributed by atoms with E-state index in [0.29, 0.717) is 6.04 Å². The number of rotatable bonds is 4. The number of hydrogen-bond donors (Lipinski definition) is 1. The molecule has 1 fully saturated rings. The molecule has 0 bridgehead atoms. The van der Waals surface area contributed by atoms with Gasteiger partial charge in [-0.15, -0.1) is 0 Å². The number of benzene rings is 2. The van der Waals surface area contributed by atoms with Crippen molar-refractivity contribution in [3.05, 3.63) is 53.7 Å². The second-order valence-electron chi connectivity index (χ2n) is 7.89. The van der Waals surface area contributed by atoms with Gasteiger partial charge < -0.3 is 15.0 Å². The summed E-state index contributed by atoms with van der Waals surface area (Å²) in [5.41, 5.74) is 4.51. The number of nitrogens with zero attached hydrogens (tertiary/aromatic N) is 2. The third-order valence-corrected chi connectivity index (χ3v) is 5.78. The first-order valence-electron chi connectivity index (χ1n) is 10.1. The van der Waals surface area contributed by atoms with Crippen LogP contribution in [0.1, 0.15) is 24.1 Å². The maximum atomic E-state index is 5.67. The lowest BCUT2D eigenvalue weighted by atomic mass is 9.95. The molecule has 4 heteroatoms. The molecule has 2 heterocycles. The fraction of sp³-hybridized carbons (Fsp3) is 0.375. The molecule has 1 aromatic heterocycles. The monoisotopic (exact) mass is 375 g/mol. The average Bonchev–Trinajstić information content (AvgIpc) is 2.70. The molecule has 0 spiro atoms. The Bertz CT molecular complexity index is 991. The topological polar surface area (TPSA) is 37.4 Å².